The first-order valence-electron chi connectivity index (χ1n) is 9.99. The van der Waals surface area contributed by atoms with Gasteiger partial charge in [0.1, 0.15) is 0 Å². The van der Waals surface area contributed by atoms with Gasteiger partial charge in [0.15, 0.2) is 5.60 Å². The summed E-state index contributed by atoms with van der Waals surface area (Å²) < 4.78 is 5.66. The van der Waals surface area contributed by atoms with Gasteiger partial charge in [-0.05, 0) is 51.3 Å². The molecule has 1 saturated carbocycles. The Hall–Kier alpha value is -1.92. The average molecular weight is 372 g/mol. The highest BCUT2D eigenvalue weighted by molar-refractivity contribution is 5.95. The summed E-state index contributed by atoms with van der Waals surface area (Å²) in [5.74, 6) is -0.515. The number of esters is 1. The molecule has 27 heavy (non-hydrogen) atoms. The quantitative estimate of drug-likeness (QED) is 0.816. The average Bonchev–Trinajstić information content (AvgIpc) is 3.29. The Labute approximate surface area is 160 Å². The number of nitrogens with zero attached hydrogens (tertiary/aromatic N) is 2. The lowest BCUT2D eigenvalue weighted by Gasteiger charge is -2.41. The molecule has 1 spiro atoms. The molecule has 6 nitrogen and oxygen atoms in total. The number of amides is 1. The molecule has 2 heterocycles. The third-order valence-corrected chi connectivity index (χ3v) is 6.46. The van der Waals surface area contributed by atoms with Crippen molar-refractivity contribution in [1.29, 1.82) is 0 Å². The van der Waals surface area contributed by atoms with Gasteiger partial charge in [-0.2, -0.15) is 0 Å². The van der Waals surface area contributed by atoms with Crippen molar-refractivity contribution in [2.24, 2.45) is 5.92 Å². The molecule has 1 aliphatic carbocycles. The Morgan fingerprint density at radius 1 is 1.33 bits per heavy atom. The number of benzene rings is 1. The van der Waals surface area contributed by atoms with E-state index in [1.54, 1.807) is 17.0 Å². The first kappa shape index (κ1) is 18.4. The van der Waals surface area contributed by atoms with E-state index in [4.69, 9.17) is 4.74 Å². The summed E-state index contributed by atoms with van der Waals surface area (Å²) in [7, 11) is 1.85. The first-order valence-corrected chi connectivity index (χ1v) is 9.99. The molecule has 1 N–H and O–H groups in total. The smallest absolute Gasteiger partial charge is 0.339 e. The zero-order chi connectivity index (χ0) is 19.0. The van der Waals surface area contributed by atoms with Gasteiger partial charge in [-0.3, -0.25) is 4.79 Å². The van der Waals surface area contributed by atoms with Gasteiger partial charge < -0.3 is 19.6 Å². The SMILES string of the molecule is CN(CCN1CCCC1)C(=O)C1CCC2(OC(=O)c3ccccc32)C(O)C1. The van der Waals surface area contributed by atoms with Gasteiger partial charge in [0.25, 0.3) is 0 Å². The zero-order valence-corrected chi connectivity index (χ0v) is 15.9. The second-order valence-electron chi connectivity index (χ2n) is 8.12. The largest absolute Gasteiger partial charge is 0.448 e. The Kier molecular flexibility index (Phi) is 4.95. The van der Waals surface area contributed by atoms with Crippen LogP contribution in [0.1, 0.15) is 48.0 Å². The van der Waals surface area contributed by atoms with Crippen LogP contribution in [0.3, 0.4) is 0 Å². The summed E-state index contributed by atoms with van der Waals surface area (Å²) in [6.45, 7) is 3.87. The fraction of sp³-hybridized carbons (Fsp3) is 0.619. The standard InChI is InChI=1S/C21H28N2O4/c1-22(12-13-23-10-4-5-11-23)19(25)15-8-9-21(18(24)14-15)17-7-3-2-6-16(17)20(26)27-21/h2-3,6-7,15,18,24H,4-5,8-14H2,1H3. The summed E-state index contributed by atoms with van der Waals surface area (Å²) in [6.07, 6.45) is 3.05. The molecule has 1 aromatic rings. The molecule has 0 radical (unpaired) electrons. The van der Waals surface area contributed by atoms with Gasteiger partial charge >= 0.3 is 5.97 Å². The number of hydrogen-bond acceptors (Lipinski definition) is 5. The lowest BCUT2D eigenvalue weighted by molar-refractivity contribution is -0.147. The van der Waals surface area contributed by atoms with Gasteiger partial charge in [0.2, 0.25) is 5.91 Å². The van der Waals surface area contributed by atoms with Gasteiger partial charge in [0, 0.05) is 31.6 Å². The van der Waals surface area contributed by atoms with Crippen LogP contribution in [0, 0.1) is 5.92 Å². The minimum atomic E-state index is -0.988. The Bertz CT molecular complexity index is 731. The van der Waals surface area contributed by atoms with E-state index in [0.29, 0.717) is 31.4 Å². The van der Waals surface area contributed by atoms with Crippen LogP contribution in [0.5, 0.6) is 0 Å². The monoisotopic (exact) mass is 372 g/mol. The van der Waals surface area contributed by atoms with Gasteiger partial charge in [-0.25, -0.2) is 4.79 Å². The summed E-state index contributed by atoms with van der Waals surface area (Å²) in [4.78, 5) is 29.2. The van der Waals surface area contributed by atoms with Crippen LogP contribution in [-0.2, 0) is 15.1 Å². The molecular weight excluding hydrogens is 344 g/mol. The molecular formula is C21H28N2O4. The summed E-state index contributed by atoms with van der Waals surface area (Å²) in [5.41, 5.74) is 0.304. The number of likely N-dealkylation sites (tertiary alicyclic amines) is 1. The fourth-order valence-corrected chi connectivity index (χ4v) is 4.82. The van der Waals surface area contributed by atoms with Gasteiger partial charge in [0.05, 0.1) is 11.7 Å². The molecule has 2 fully saturated rings. The third kappa shape index (κ3) is 3.25. The van der Waals surface area contributed by atoms with Crippen molar-refractivity contribution in [2.75, 3.05) is 33.2 Å². The van der Waals surface area contributed by atoms with Crippen molar-refractivity contribution >= 4 is 11.9 Å². The van der Waals surface area contributed by atoms with Crippen LogP contribution in [0.4, 0.5) is 0 Å². The molecule has 4 rings (SSSR count). The molecule has 3 aliphatic rings. The summed E-state index contributed by atoms with van der Waals surface area (Å²) >= 11 is 0. The molecule has 6 heteroatoms. The fourth-order valence-electron chi connectivity index (χ4n) is 4.82. The number of aliphatic hydroxyl groups is 1. The van der Waals surface area contributed by atoms with Crippen LogP contribution in [0.2, 0.25) is 0 Å². The van der Waals surface area contributed by atoms with E-state index in [-0.39, 0.29) is 17.8 Å². The van der Waals surface area contributed by atoms with Crippen molar-refractivity contribution in [3.63, 3.8) is 0 Å². The van der Waals surface area contributed by atoms with E-state index in [9.17, 15) is 14.7 Å². The number of ether oxygens (including phenoxy) is 1. The normalized spacial score (nSPS) is 30.4. The molecule has 1 aromatic carbocycles. The van der Waals surface area contributed by atoms with E-state index >= 15 is 0 Å². The van der Waals surface area contributed by atoms with Crippen molar-refractivity contribution in [3.8, 4) is 0 Å². The number of carbonyl (C=O) groups excluding carboxylic acids is 2. The maximum absolute atomic E-state index is 12.9. The Balaban J connectivity index is 1.40. The molecule has 3 unspecified atom stereocenters. The predicted octanol–water partition coefficient (Wildman–Crippen LogP) is 1.77. The van der Waals surface area contributed by atoms with E-state index in [1.165, 1.54) is 12.8 Å². The number of rotatable bonds is 4. The lowest BCUT2D eigenvalue weighted by Crippen LogP contribution is -2.48. The van der Waals surface area contributed by atoms with Crippen LogP contribution < -0.4 is 0 Å². The van der Waals surface area contributed by atoms with Crippen LogP contribution in [-0.4, -0.2) is 66.1 Å². The molecule has 1 amide bonds. The minimum absolute atomic E-state index is 0.0840. The maximum Gasteiger partial charge on any atom is 0.339 e. The Morgan fingerprint density at radius 3 is 2.81 bits per heavy atom. The molecule has 0 bridgehead atoms. The number of aliphatic hydroxyl groups excluding tert-OH is 1. The number of likely N-dealkylation sites (N-methyl/N-ethyl adjacent to an activating group) is 1. The third-order valence-electron chi connectivity index (χ3n) is 6.46. The summed E-state index contributed by atoms with van der Waals surface area (Å²) in [5, 5.41) is 10.9. The van der Waals surface area contributed by atoms with Crippen LogP contribution in [0.25, 0.3) is 0 Å². The molecule has 0 aromatic heterocycles. The Morgan fingerprint density at radius 2 is 2.07 bits per heavy atom. The van der Waals surface area contributed by atoms with Crippen molar-refractivity contribution in [1.82, 2.24) is 9.80 Å². The highest BCUT2D eigenvalue weighted by Gasteiger charge is 2.54. The van der Waals surface area contributed by atoms with E-state index in [2.05, 4.69) is 4.90 Å². The van der Waals surface area contributed by atoms with Crippen molar-refractivity contribution < 1.29 is 19.4 Å². The van der Waals surface area contributed by atoms with Crippen molar-refractivity contribution in [2.45, 2.75) is 43.8 Å². The van der Waals surface area contributed by atoms with Gasteiger partial charge in [-0.1, -0.05) is 18.2 Å². The van der Waals surface area contributed by atoms with Crippen LogP contribution >= 0.6 is 0 Å². The minimum Gasteiger partial charge on any atom is -0.448 e. The van der Waals surface area contributed by atoms with E-state index < -0.39 is 11.7 Å². The zero-order valence-electron chi connectivity index (χ0n) is 15.9. The highest BCUT2D eigenvalue weighted by Crippen LogP contribution is 2.48. The molecule has 2 aliphatic heterocycles. The predicted molar refractivity (Wildman–Crippen MR) is 100 cm³/mol. The highest BCUT2D eigenvalue weighted by atomic mass is 16.6. The maximum atomic E-state index is 12.9. The molecule has 3 atom stereocenters. The number of carbonyl (C=O) groups is 2. The van der Waals surface area contributed by atoms with Crippen molar-refractivity contribution in [3.05, 3.63) is 35.4 Å². The van der Waals surface area contributed by atoms with E-state index in [0.717, 1.165) is 25.2 Å². The number of hydrogen-bond donors (Lipinski definition) is 1. The topological polar surface area (TPSA) is 70.1 Å². The summed E-state index contributed by atoms with van der Waals surface area (Å²) in [6, 6.07) is 7.25. The second kappa shape index (κ2) is 7.24. The van der Waals surface area contributed by atoms with Gasteiger partial charge in [-0.15, -0.1) is 0 Å². The van der Waals surface area contributed by atoms with E-state index in [1.807, 2.05) is 19.2 Å². The second-order valence-corrected chi connectivity index (χ2v) is 8.12. The number of fused-ring (bicyclic) bond motifs is 2. The molecule has 1 saturated heterocycles. The lowest BCUT2D eigenvalue weighted by atomic mass is 9.72. The first-order chi connectivity index (χ1) is 13.0. The van der Waals surface area contributed by atoms with Crippen LogP contribution in [0.15, 0.2) is 24.3 Å². The molecule has 146 valence electrons.